The van der Waals surface area contributed by atoms with Crippen molar-refractivity contribution < 1.29 is 0 Å². The van der Waals surface area contributed by atoms with E-state index in [4.69, 9.17) is 0 Å². The first-order valence-electron chi connectivity index (χ1n) is 10.2. The fourth-order valence-corrected chi connectivity index (χ4v) is 7.55. The highest BCUT2D eigenvalue weighted by atomic mass is 14.5. The Morgan fingerprint density at radius 1 is 0.652 bits per heavy atom. The summed E-state index contributed by atoms with van der Waals surface area (Å²) < 4.78 is 0. The third-order valence-electron chi connectivity index (χ3n) is 8.31. The summed E-state index contributed by atoms with van der Waals surface area (Å²) in [6, 6.07) is 2.55. The van der Waals surface area contributed by atoms with Gasteiger partial charge in [-0.05, 0) is 123 Å². The molecule has 4 bridgehead atoms. The minimum Gasteiger partial charge on any atom is -0.0558 e. The van der Waals surface area contributed by atoms with E-state index in [1.54, 1.807) is 27.8 Å². The van der Waals surface area contributed by atoms with Crippen molar-refractivity contribution in [2.24, 2.45) is 23.7 Å². The van der Waals surface area contributed by atoms with Crippen LogP contribution in [0.25, 0.3) is 0 Å². The molecule has 6 atom stereocenters. The molecule has 4 fully saturated rings. The van der Waals surface area contributed by atoms with Crippen LogP contribution in [0.4, 0.5) is 0 Å². The predicted molar refractivity (Wildman–Crippen MR) is 97.0 cm³/mol. The average molecular weight is 309 g/mol. The molecule has 0 heteroatoms. The fourth-order valence-electron chi connectivity index (χ4n) is 7.55. The molecule has 1 aromatic rings. The number of hydrogen-bond acceptors (Lipinski definition) is 0. The highest BCUT2D eigenvalue weighted by Crippen LogP contribution is 2.57. The lowest BCUT2D eigenvalue weighted by atomic mass is 9.73. The summed E-state index contributed by atoms with van der Waals surface area (Å²) in [6.07, 6.45) is 12.1. The van der Waals surface area contributed by atoms with Gasteiger partial charge in [-0.3, -0.25) is 0 Å². The van der Waals surface area contributed by atoms with Crippen molar-refractivity contribution in [2.45, 2.75) is 84.0 Å². The molecule has 124 valence electrons. The van der Waals surface area contributed by atoms with Crippen molar-refractivity contribution in [3.05, 3.63) is 33.9 Å². The molecule has 23 heavy (non-hydrogen) atoms. The number of hydrogen-bond donors (Lipinski definition) is 0. The van der Waals surface area contributed by atoms with E-state index in [-0.39, 0.29) is 0 Å². The molecule has 4 aliphatic carbocycles. The maximum Gasteiger partial charge on any atom is -0.0126 e. The SMILES string of the molecule is Cc1cc(C)c(C2CC3CCC2C3)c(C)c1C1CC2CCC1C2. The van der Waals surface area contributed by atoms with E-state index in [2.05, 4.69) is 26.8 Å². The third-order valence-corrected chi connectivity index (χ3v) is 8.31. The molecule has 4 aliphatic rings. The summed E-state index contributed by atoms with van der Waals surface area (Å²) >= 11 is 0. The van der Waals surface area contributed by atoms with Gasteiger partial charge < -0.3 is 0 Å². The van der Waals surface area contributed by atoms with E-state index < -0.39 is 0 Å². The van der Waals surface area contributed by atoms with Crippen LogP contribution < -0.4 is 0 Å². The first-order valence-corrected chi connectivity index (χ1v) is 10.2. The lowest BCUT2D eigenvalue weighted by Crippen LogP contribution is -2.17. The smallest absolute Gasteiger partial charge is 0.0126 e. The molecule has 0 amide bonds. The van der Waals surface area contributed by atoms with Gasteiger partial charge >= 0.3 is 0 Å². The second kappa shape index (κ2) is 5.11. The zero-order valence-corrected chi connectivity index (χ0v) is 15.2. The maximum absolute atomic E-state index is 2.55. The molecule has 0 nitrogen and oxygen atoms in total. The summed E-state index contributed by atoms with van der Waals surface area (Å²) in [5.74, 6) is 5.91. The highest BCUT2D eigenvalue weighted by molar-refractivity contribution is 5.49. The minimum atomic E-state index is 0.895. The van der Waals surface area contributed by atoms with Crippen LogP contribution in [0.1, 0.15) is 91.0 Å². The molecule has 0 aromatic heterocycles. The topological polar surface area (TPSA) is 0 Å². The van der Waals surface area contributed by atoms with Crippen molar-refractivity contribution in [1.29, 1.82) is 0 Å². The average Bonchev–Trinajstić information content (AvgIpc) is 3.28. The summed E-state index contributed by atoms with van der Waals surface area (Å²) in [7, 11) is 0. The largest absolute Gasteiger partial charge is 0.0558 e. The van der Waals surface area contributed by atoms with Crippen LogP contribution >= 0.6 is 0 Å². The van der Waals surface area contributed by atoms with E-state index in [1.165, 1.54) is 51.4 Å². The minimum absolute atomic E-state index is 0.895. The van der Waals surface area contributed by atoms with Crippen LogP contribution in [0.5, 0.6) is 0 Å². The molecule has 0 saturated heterocycles. The zero-order chi connectivity index (χ0) is 15.7. The molecule has 4 saturated carbocycles. The van der Waals surface area contributed by atoms with Gasteiger partial charge in [-0.1, -0.05) is 18.9 Å². The van der Waals surface area contributed by atoms with E-state index in [9.17, 15) is 0 Å². The highest BCUT2D eigenvalue weighted by Gasteiger charge is 2.44. The Kier molecular flexibility index (Phi) is 3.23. The number of rotatable bonds is 2. The summed E-state index contributed by atoms with van der Waals surface area (Å²) in [6.45, 7) is 7.28. The Morgan fingerprint density at radius 2 is 1.13 bits per heavy atom. The van der Waals surface area contributed by atoms with Gasteiger partial charge in [-0.15, -0.1) is 0 Å². The van der Waals surface area contributed by atoms with Crippen LogP contribution in [0.3, 0.4) is 0 Å². The number of benzene rings is 1. The lowest BCUT2D eigenvalue weighted by molar-refractivity contribution is 0.408. The zero-order valence-electron chi connectivity index (χ0n) is 15.2. The van der Waals surface area contributed by atoms with Crippen molar-refractivity contribution in [3.8, 4) is 0 Å². The quantitative estimate of drug-likeness (QED) is 0.591. The van der Waals surface area contributed by atoms with Crippen LogP contribution in [0.2, 0.25) is 0 Å². The fraction of sp³-hybridized carbons (Fsp3) is 0.739. The Hall–Kier alpha value is -0.780. The van der Waals surface area contributed by atoms with E-state index in [0.29, 0.717) is 0 Å². The van der Waals surface area contributed by atoms with Gasteiger partial charge in [0.15, 0.2) is 0 Å². The van der Waals surface area contributed by atoms with Crippen LogP contribution in [0.15, 0.2) is 6.07 Å². The maximum atomic E-state index is 2.55. The summed E-state index contributed by atoms with van der Waals surface area (Å²) in [5.41, 5.74) is 8.51. The van der Waals surface area contributed by atoms with E-state index in [1.807, 2.05) is 0 Å². The first kappa shape index (κ1) is 14.6. The Morgan fingerprint density at radius 3 is 1.48 bits per heavy atom. The lowest BCUT2D eigenvalue weighted by Gasteiger charge is -2.31. The Labute approximate surface area is 142 Å². The Bertz CT molecular complexity index is 588. The standard InChI is InChI=1S/C23H32/c1-13-8-14(2)23(21-12-17-5-7-19(21)10-17)15(3)22(13)20-11-16-4-6-18(20)9-16/h8,16-21H,4-7,9-12H2,1-3H3. The summed E-state index contributed by atoms with van der Waals surface area (Å²) in [5, 5.41) is 0. The van der Waals surface area contributed by atoms with Gasteiger partial charge in [-0.2, -0.15) is 0 Å². The van der Waals surface area contributed by atoms with E-state index in [0.717, 1.165) is 35.5 Å². The molecule has 1 aromatic carbocycles. The molecule has 6 unspecified atom stereocenters. The molecule has 0 radical (unpaired) electrons. The molecule has 0 aliphatic heterocycles. The molecule has 5 rings (SSSR count). The molecular weight excluding hydrogens is 276 g/mol. The number of fused-ring (bicyclic) bond motifs is 4. The molecular formula is C23H32. The van der Waals surface area contributed by atoms with Gasteiger partial charge in [0.25, 0.3) is 0 Å². The van der Waals surface area contributed by atoms with Crippen molar-refractivity contribution in [1.82, 2.24) is 0 Å². The van der Waals surface area contributed by atoms with Gasteiger partial charge in [0.05, 0.1) is 0 Å². The van der Waals surface area contributed by atoms with E-state index >= 15 is 0 Å². The van der Waals surface area contributed by atoms with Gasteiger partial charge in [0, 0.05) is 0 Å². The number of aryl methyl sites for hydroxylation is 2. The van der Waals surface area contributed by atoms with Crippen LogP contribution in [-0.4, -0.2) is 0 Å². The summed E-state index contributed by atoms with van der Waals surface area (Å²) in [4.78, 5) is 0. The van der Waals surface area contributed by atoms with Gasteiger partial charge in [0.2, 0.25) is 0 Å². The van der Waals surface area contributed by atoms with Crippen LogP contribution in [0, 0.1) is 44.4 Å². The second-order valence-electron chi connectivity index (χ2n) is 9.53. The van der Waals surface area contributed by atoms with Gasteiger partial charge in [0.1, 0.15) is 0 Å². The normalized spacial score (nSPS) is 41.2. The van der Waals surface area contributed by atoms with Crippen molar-refractivity contribution in [2.75, 3.05) is 0 Å². The first-order chi connectivity index (χ1) is 11.1. The Balaban J connectivity index is 1.58. The molecule has 0 N–H and O–H groups in total. The predicted octanol–water partition coefficient (Wildman–Crippen LogP) is 6.42. The monoisotopic (exact) mass is 308 g/mol. The third kappa shape index (κ3) is 2.09. The molecule has 0 spiro atoms. The second-order valence-corrected chi connectivity index (χ2v) is 9.53. The van der Waals surface area contributed by atoms with Gasteiger partial charge in [-0.25, -0.2) is 0 Å². The van der Waals surface area contributed by atoms with Crippen molar-refractivity contribution in [3.63, 3.8) is 0 Å². The van der Waals surface area contributed by atoms with Crippen molar-refractivity contribution >= 4 is 0 Å². The van der Waals surface area contributed by atoms with Crippen LogP contribution in [-0.2, 0) is 0 Å². The molecule has 0 heterocycles.